The number of carbonyl (C=O) groups excluding carboxylic acids is 3. The normalized spacial score (nSPS) is 10.1. The fraction of sp³-hybridized carbons (Fsp3) is 0.250. The summed E-state index contributed by atoms with van der Waals surface area (Å²) in [5, 5.41) is 4.46. The first kappa shape index (κ1) is 18.4. The SMILES string of the molecule is CCOC(=O)Cc1csc(NC(=O)COC(=O)c2ccc(N)cc2)n1. The van der Waals surface area contributed by atoms with Crippen molar-refractivity contribution in [1.82, 2.24) is 4.98 Å². The average molecular weight is 363 g/mol. The molecule has 2 aromatic rings. The lowest BCUT2D eigenvalue weighted by Crippen LogP contribution is -2.21. The van der Waals surface area contributed by atoms with Crippen LogP contribution >= 0.6 is 11.3 Å². The van der Waals surface area contributed by atoms with Crippen LogP contribution in [-0.2, 0) is 25.5 Å². The molecule has 1 heterocycles. The number of aromatic nitrogens is 1. The van der Waals surface area contributed by atoms with E-state index >= 15 is 0 Å². The Morgan fingerprint density at radius 2 is 1.92 bits per heavy atom. The Labute approximate surface area is 148 Å². The van der Waals surface area contributed by atoms with Crippen molar-refractivity contribution in [2.24, 2.45) is 0 Å². The standard InChI is InChI=1S/C16H17N3O5S/c1-2-23-14(21)7-12-9-25-16(18-12)19-13(20)8-24-15(22)10-3-5-11(17)6-4-10/h3-6,9H,2,7-8,17H2,1H3,(H,18,19,20). The van der Waals surface area contributed by atoms with E-state index in [0.29, 0.717) is 28.7 Å². The van der Waals surface area contributed by atoms with E-state index in [1.807, 2.05) is 0 Å². The van der Waals surface area contributed by atoms with E-state index in [-0.39, 0.29) is 12.4 Å². The van der Waals surface area contributed by atoms with Crippen LogP contribution in [0.15, 0.2) is 29.6 Å². The number of hydrogen-bond acceptors (Lipinski definition) is 8. The van der Waals surface area contributed by atoms with Gasteiger partial charge in [0.2, 0.25) is 0 Å². The van der Waals surface area contributed by atoms with E-state index in [2.05, 4.69) is 10.3 Å². The Bertz CT molecular complexity index is 757. The molecule has 3 N–H and O–H groups in total. The summed E-state index contributed by atoms with van der Waals surface area (Å²) in [7, 11) is 0. The monoisotopic (exact) mass is 363 g/mol. The predicted octanol–water partition coefficient (Wildman–Crippen LogP) is 1.63. The molecule has 0 unspecified atom stereocenters. The van der Waals surface area contributed by atoms with Gasteiger partial charge in [0.1, 0.15) is 0 Å². The summed E-state index contributed by atoms with van der Waals surface area (Å²) < 4.78 is 9.74. The van der Waals surface area contributed by atoms with Gasteiger partial charge in [0.25, 0.3) is 5.91 Å². The van der Waals surface area contributed by atoms with Crippen LogP contribution in [0.25, 0.3) is 0 Å². The Morgan fingerprint density at radius 3 is 2.60 bits per heavy atom. The molecule has 2 rings (SSSR count). The van der Waals surface area contributed by atoms with Crippen LogP contribution in [-0.4, -0.2) is 36.0 Å². The quantitative estimate of drug-likeness (QED) is 0.566. The molecule has 1 amide bonds. The highest BCUT2D eigenvalue weighted by Crippen LogP contribution is 2.16. The maximum absolute atomic E-state index is 11.8. The molecule has 1 aromatic carbocycles. The van der Waals surface area contributed by atoms with E-state index < -0.39 is 18.5 Å². The maximum Gasteiger partial charge on any atom is 0.338 e. The smallest absolute Gasteiger partial charge is 0.338 e. The number of carbonyl (C=O) groups is 3. The molecule has 0 saturated heterocycles. The van der Waals surface area contributed by atoms with Gasteiger partial charge in [-0.3, -0.25) is 14.9 Å². The number of benzene rings is 1. The van der Waals surface area contributed by atoms with E-state index in [4.69, 9.17) is 15.2 Å². The Hall–Kier alpha value is -2.94. The number of nitrogen functional groups attached to an aromatic ring is 1. The Morgan fingerprint density at radius 1 is 1.20 bits per heavy atom. The van der Waals surface area contributed by atoms with E-state index in [0.717, 1.165) is 11.3 Å². The molecule has 132 valence electrons. The minimum absolute atomic E-state index is 0.0341. The van der Waals surface area contributed by atoms with Gasteiger partial charge in [-0.25, -0.2) is 9.78 Å². The van der Waals surface area contributed by atoms with Gasteiger partial charge in [-0.2, -0.15) is 0 Å². The second-order valence-corrected chi connectivity index (χ2v) is 5.73. The van der Waals surface area contributed by atoms with Crippen LogP contribution in [0.3, 0.4) is 0 Å². The fourth-order valence-electron chi connectivity index (χ4n) is 1.79. The summed E-state index contributed by atoms with van der Waals surface area (Å²) in [5.41, 5.74) is 6.85. The molecule has 9 heteroatoms. The van der Waals surface area contributed by atoms with Crippen molar-refractivity contribution in [3.63, 3.8) is 0 Å². The largest absolute Gasteiger partial charge is 0.466 e. The van der Waals surface area contributed by atoms with Crippen LogP contribution in [0.5, 0.6) is 0 Å². The van der Waals surface area contributed by atoms with E-state index in [1.54, 1.807) is 24.4 Å². The molecule has 0 bridgehead atoms. The Balaban J connectivity index is 1.80. The molecule has 8 nitrogen and oxygen atoms in total. The highest BCUT2D eigenvalue weighted by molar-refractivity contribution is 7.13. The first-order valence-electron chi connectivity index (χ1n) is 7.40. The van der Waals surface area contributed by atoms with Crippen molar-refractivity contribution >= 4 is 40.0 Å². The maximum atomic E-state index is 11.8. The lowest BCUT2D eigenvalue weighted by molar-refractivity contribution is -0.142. The van der Waals surface area contributed by atoms with Gasteiger partial charge < -0.3 is 15.2 Å². The minimum atomic E-state index is -0.628. The molecule has 0 aliphatic heterocycles. The third kappa shape index (κ3) is 5.88. The van der Waals surface area contributed by atoms with Crippen molar-refractivity contribution < 1.29 is 23.9 Å². The van der Waals surface area contributed by atoms with E-state index in [9.17, 15) is 14.4 Å². The summed E-state index contributed by atoms with van der Waals surface area (Å²) in [5.74, 6) is -1.54. The highest BCUT2D eigenvalue weighted by Gasteiger charge is 2.13. The topological polar surface area (TPSA) is 121 Å². The number of nitrogens with zero attached hydrogens (tertiary/aromatic N) is 1. The number of esters is 2. The summed E-state index contributed by atoms with van der Waals surface area (Å²) in [6, 6.07) is 6.16. The molecular weight excluding hydrogens is 346 g/mol. The van der Waals surface area contributed by atoms with Gasteiger partial charge in [0, 0.05) is 11.1 Å². The number of nitrogens with one attached hydrogen (secondary N) is 1. The second-order valence-electron chi connectivity index (χ2n) is 4.87. The lowest BCUT2D eigenvalue weighted by Gasteiger charge is -2.05. The molecule has 0 radical (unpaired) electrons. The number of nitrogens with two attached hydrogens (primary N) is 1. The van der Waals surface area contributed by atoms with Gasteiger partial charge in [-0.1, -0.05) is 0 Å². The number of rotatable bonds is 7. The molecular formula is C16H17N3O5S. The summed E-state index contributed by atoms with van der Waals surface area (Å²) >= 11 is 1.16. The van der Waals surface area contributed by atoms with Crippen molar-refractivity contribution in [1.29, 1.82) is 0 Å². The van der Waals surface area contributed by atoms with Gasteiger partial charge in [0.05, 0.1) is 24.3 Å². The molecule has 25 heavy (non-hydrogen) atoms. The third-order valence-corrected chi connectivity index (χ3v) is 3.72. The summed E-state index contributed by atoms with van der Waals surface area (Å²) in [4.78, 5) is 39.1. The molecule has 0 saturated carbocycles. The van der Waals surface area contributed by atoms with Gasteiger partial charge >= 0.3 is 11.9 Å². The lowest BCUT2D eigenvalue weighted by atomic mass is 10.2. The zero-order chi connectivity index (χ0) is 18.2. The van der Waals surface area contributed by atoms with Crippen molar-refractivity contribution in [2.45, 2.75) is 13.3 Å². The minimum Gasteiger partial charge on any atom is -0.466 e. The molecule has 0 fully saturated rings. The van der Waals surface area contributed by atoms with Crippen LogP contribution in [0, 0.1) is 0 Å². The summed E-state index contributed by atoms with van der Waals surface area (Å²) in [6.07, 6.45) is 0.0341. The van der Waals surface area contributed by atoms with Gasteiger partial charge in [-0.05, 0) is 31.2 Å². The zero-order valence-corrected chi connectivity index (χ0v) is 14.3. The first-order chi connectivity index (χ1) is 12.0. The number of anilines is 2. The number of amides is 1. The highest BCUT2D eigenvalue weighted by atomic mass is 32.1. The zero-order valence-electron chi connectivity index (χ0n) is 13.5. The summed E-state index contributed by atoms with van der Waals surface area (Å²) in [6.45, 7) is 1.57. The molecule has 1 aromatic heterocycles. The van der Waals surface area contributed by atoms with Crippen LogP contribution < -0.4 is 11.1 Å². The average Bonchev–Trinajstić information content (AvgIpc) is 3.00. The molecule has 0 aliphatic carbocycles. The van der Waals surface area contributed by atoms with Crippen molar-refractivity contribution in [2.75, 3.05) is 24.3 Å². The van der Waals surface area contributed by atoms with Crippen LogP contribution in [0.2, 0.25) is 0 Å². The first-order valence-corrected chi connectivity index (χ1v) is 8.28. The van der Waals surface area contributed by atoms with Crippen LogP contribution in [0.4, 0.5) is 10.8 Å². The van der Waals surface area contributed by atoms with Crippen LogP contribution in [0.1, 0.15) is 23.0 Å². The molecule has 0 atom stereocenters. The predicted molar refractivity (Wildman–Crippen MR) is 92.2 cm³/mol. The number of ether oxygens (including phenoxy) is 2. The molecule has 0 aliphatic rings. The molecule has 0 spiro atoms. The van der Waals surface area contributed by atoms with Gasteiger partial charge in [0.15, 0.2) is 11.7 Å². The van der Waals surface area contributed by atoms with Gasteiger partial charge in [-0.15, -0.1) is 11.3 Å². The van der Waals surface area contributed by atoms with Crippen molar-refractivity contribution in [3.05, 3.63) is 40.9 Å². The number of thiazole rings is 1. The fourth-order valence-corrected chi connectivity index (χ4v) is 2.52. The second kappa shape index (κ2) is 8.78. The number of hydrogen-bond donors (Lipinski definition) is 2. The van der Waals surface area contributed by atoms with E-state index in [1.165, 1.54) is 12.1 Å². The third-order valence-electron chi connectivity index (χ3n) is 2.91. The van der Waals surface area contributed by atoms with Crippen molar-refractivity contribution in [3.8, 4) is 0 Å². The Kier molecular flexibility index (Phi) is 6.47.